The Morgan fingerprint density at radius 2 is 1.72 bits per heavy atom. The summed E-state index contributed by atoms with van der Waals surface area (Å²) in [5, 5.41) is 0.477. The largest absolute Gasteiger partial charge is 0.462 e. The van der Waals surface area contributed by atoms with Crippen LogP contribution in [-0.2, 0) is 14.8 Å². The molecule has 0 fully saturated rings. The maximum Gasteiger partial charge on any atom is 0.342 e. The Morgan fingerprint density at radius 1 is 1.07 bits per heavy atom. The number of hydrogen-bond donors (Lipinski definition) is 1. The third-order valence-corrected chi connectivity index (χ3v) is 6.85. The maximum atomic E-state index is 13.0. The van der Waals surface area contributed by atoms with E-state index in [0.29, 0.717) is 32.5 Å². The fourth-order valence-electron chi connectivity index (χ4n) is 3.23. The van der Waals surface area contributed by atoms with Crippen LogP contribution in [0.1, 0.15) is 39.7 Å². The molecule has 6 nitrogen and oxygen atoms in total. The van der Waals surface area contributed by atoms with Gasteiger partial charge in [-0.05, 0) is 85.4 Å². The van der Waals surface area contributed by atoms with Gasteiger partial charge in [-0.2, -0.15) is 0 Å². The molecule has 0 aliphatic rings. The first-order valence-corrected chi connectivity index (χ1v) is 11.3. The molecule has 1 aromatic heterocycles. The average molecular weight is 480 g/mol. The van der Waals surface area contributed by atoms with Gasteiger partial charge in [-0.1, -0.05) is 6.07 Å². The number of aryl methyl sites for hydroxylation is 4. The molecular weight excluding hydrogens is 458 g/mol. The fraction of sp³-hybridized carbons (Fsp3) is 0.286. The molecule has 0 aliphatic carbocycles. The van der Waals surface area contributed by atoms with Crippen LogP contribution in [0.25, 0.3) is 11.0 Å². The summed E-state index contributed by atoms with van der Waals surface area (Å²) in [6.45, 7) is 9.19. The van der Waals surface area contributed by atoms with Crippen molar-refractivity contribution in [1.82, 2.24) is 0 Å². The zero-order chi connectivity index (χ0) is 21.5. The number of rotatable bonds is 5. The first-order chi connectivity index (χ1) is 13.5. The lowest BCUT2D eigenvalue weighted by Crippen LogP contribution is -2.15. The zero-order valence-electron chi connectivity index (χ0n) is 16.8. The van der Waals surface area contributed by atoms with Crippen LogP contribution in [0.2, 0.25) is 0 Å². The third-order valence-electron chi connectivity index (χ3n) is 4.73. The summed E-state index contributed by atoms with van der Waals surface area (Å²) in [5.41, 5.74) is 3.63. The summed E-state index contributed by atoms with van der Waals surface area (Å²) in [6.07, 6.45) is 0. The molecule has 3 rings (SSSR count). The van der Waals surface area contributed by atoms with Crippen molar-refractivity contribution < 1.29 is 22.4 Å². The van der Waals surface area contributed by atoms with Crippen LogP contribution in [0.4, 0.5) is 5.69 Å². The lowest BCUT2D eigenvalue weighted by Gasteiger charge is -2.13. The van der Waals surface area contributed by atoms with E-state index in [9.17, 15) is 13.2 Å². The zero-order valence-corrected chi connectivity index (χ0v) is 19.2. The van der Waals surface area contributed by atoms with E-state index in [1.165, 1.54) is 0 Å². The van der Waals surface area contributed by atoms with Crippen LogP contribution in [0.3, 0.4) is 0 Å². The van der Waals surface area contributed by atoms with E-state index in [1.807, 2.05) is 19.9 Å². The van der Waals surface area contributed by atoms with Gasteiger partial charge in [0.2, 0.25) is 0 Å². The standard InChI is InChI=1S/C21H22BrNO5S/c1-6-27-21(24)19-14(5)28-20-16(19)9-15(10-17(20)22)23-29(25,26)18-8-12(3)11(2)7-13(18)4/h7-10,23H,6H2,1-5H3. The fourth-order valence-corrected chi connectivity index (χ4v) is 5.12. The number of carbonyl (C=O) groups excluding carboxylic acids is 1. The minimum absolute atomic E-state index is 0.214. The smallest absolute Gasteiger partial charge is 0.342 e. The molecule has 0 radical (unpaired) electrons. The number of carbonyl (C=O) groups is 1. The molecule has 1 heterocycles. The van der Waals surface area contributed by atoms with Crippen LogP contribution in [0.15, 0.2) is 38.1 Å². The van der Waals surface area contributed by atoms with Gasteiger partial charge in [-0.25, -0.2) is 13.2 Å². The quantitative estimate of drug-likeness (QED) is 0.494. The number of anilines is 1. The van der Waals surface area contributed by atoms with Crippen LogP contribution in [-0.4, -0.2) is 21.0 Å². The van der Waals surface area contributed by atoms with E-state index in [2.05, 4.69) is 20.7 Å². The molecule has 0 spiro atoms. The number of benzene rings is 2. The van der Waals surface area contributed by atoms with Crippen molar-refractivity contribution in [3.05, 3.63) is 56.8 Å². The van der Waals surface area contributed by atoms with E-state index in [0.717, 1.165) is 11.1 Å². The average Bonchev–Trinajstić information content (AvgIpc) is 2.94. The van der Waals surface area contributed by atoms with E-state index in [4.69, 9.17) is 9.15 Å². The topological polar surface area (TPSA) is 85.6 Å². The highest BCUT2D eigenvalue weighted by molar-refractivity contribution is 9.10. The SMILES string of the molecule is CCOC(=O)c1c(C)oc2c(Br)cc(NS(=O)(=O)c3cc(C)c(C)cc3C)cc12. The highest BCUT2D eigenvalue weighted by Crippen LogP contribution is 2.35. The normalized spacial score (nSPS) is 11.7. The second-order valence-corrected chi connectivity index (χ2v) is 9.40. The van der Waals surface area contributed by atoms with Crippen molar-refractivity contribution in [3.8, 4) is 0 Å². The Hall–Kier alpha value is -2.32. The highest BCUT2D eigenvalue weighted by atomic mass is 79.9. The van der Waals surface area contributed by atoms with Crippen molar-refractivity contribution in [1.29, 1.82) is 0 Å². The number of hydrogen-bond acceptors (Lipinski definition) is 5. The summed E-state index contributed by atoms with van der Waals surface area (Å²) in [5.74, 6) is -0.107. The second kappa shape index (κ2) is 7.84. The van der Waals surface area contributed by atoms with Crippen LogP contribution in [0.5, 0.6) is 0 Å². The third kappa shape index (κ3) is 4.04. The van der Waals surface area contributed by atoms with Crippen molar-refractivity contribution in [2.45, 2.75) is 39.5 Å². The summed E-state index contributed by atoms with van der Waals surface area (Å²) in [6, 6.07) is 6.69. The predicted molar refractivity (Wildman–Crippen MR) is 116 cm³/mol. The molecular formula is C21H22BrNO5S. The molecule has 0 amide bonds. The number of sulfonamides is 1. The summed E-state index contributed by atoms with van der Waals surface area (Å²) >= 11 is 3.40. The molecule has 2 aromatic carbocycles. The van der Waals surface area contributed by atoms with Crippen molar-refractivity contribution >= 4 is 48.6 Å². The molecule has 154 valence electrons. The molecule has 0 bridgehead atoms. The Labute approximate surface area is 178 Å². The van der Waals surface area contributed by atoms with Gasteiger partial charge >= 0.3 is 5.97 Å². The molecule has 8 heteroatoms. The molecule has 1 N–H and O–H groups in total. The minimum Gasteiger partial charge on any atom is -0.462 e. The van der Waals surface area contributed by atoms with Crippen LogP contribution >= 0.6 is 15.9 Å². The van der Waals surface area contributed by atoms with E-state index in [1.54, 1.807) is 39.0 Å². The van der Waals surface area contributed by atoms with E-state index in [-0.39, 0.29) is 17.1 Å². The Balaban J connectivity index is 2.10. The number of fused-ring (bicyclic) bond motifs is 1. The van der Waals surface area contributed by atoms with Gasteiger partial charge in [0, 0.05) is 5.39 Å². The summed E-state index contributed by atoms with van der Waals surface area (Å²) < 4.78 is 40.0. The van der Waals surface area contributed by atoms with E-state index >= 15 is 0 Å². The van der Waals surface area contributed by atoms with Gasteiger partial charge in [-0.3, -0.25) is 4.72 Å². The lowest BCUT2D eigenvalue weighted by atomic mass is 10.1. The number of esters is 1. The molecule has 3 aromatic rings. The number of furan rings is 1. The molecule has 0 aliphatic heterocycles. The molecule has 29 heavy (non-hydrogen) atoms. The molecule has 0 saturated heterocycles. The van der Waals surface area contributed by atoms with E-state index < -0.39 is 16.0 Å². The minimum atomic E-state index is -3.82. The number of halogens is 1. The summed E-state index contributed by atoms with van der Waals surface area (Å²) in [4.78, 5) is 12.6. The molecule has 0 unspecified atom stereocenters. The van der Waals surface area contributed by atoms with Crippen LogP contribution < -0.4 is 4.72 Å². The van der Waals surface area contributed by atoms with Gasteiger partial charge in [-0.15, -0.1) is 0 Å². The number of nitrogens with one attached hydrogen (secondary N) is 1. The number of ether oxygens (including phenoxy) is 1. The maximum absolute atomic E-state index is 13.0. The summed E-state index contributed by atoms with van der Waals surface area (Å²) in [7, 11) is -3.82. The van der Waals surface area contributed by atoms with Gasteiger partial charge < -0.3 is 9.15 Å². The van der Waals surface area contributed by atoms with Gasteiger partial charge in [0.15, 0.2) is 0 Å². The molecule has 0 atom stereocenters. The predicted octanol–water partition coefficient (Wildman–Crippen LogP) is 5.41. The Morgan fingerprint density at radius 3 is 2.38 bits per heavy atom. The van der Waals surface area contributed by atoms with Gasteiger partial charge in [0.1, 0.15) is 16.9 Å². The molecule has 0 saturated carbocycles. The second-order valence-electron chi connectivity index (χ2n) is 6.90. The van der Waals surface area contributed by atoms with Crippen molar-refractivity contribution in [3.63, 3.8) is 0 Å². The monoisotopic (exact) mass is 479 g/mol. The highest BCUT2D eigenvalue weighted by Gasteiger charge is 2.23. The Kier molecular flexibility index (Phi) is 5.78. The van der Waals surface area contributed by atoms with Crippen LogP contribution in [0, 0.1) is 27.7 Å². The van der Waals surface area contributed by atoms with Crippen molar-refractivity contribution in [2.24, 2.45) is 0 Å². The Bertz CT molecular complexity index is 1230. The van der Waals surface area contributed by atoms with Gasteiger partial charge in [0.25, 0.3) is 10.0 Å². The van der Waals surface area contributed by atoms with Crippen molar-refractivity contribution in [2.75, 3.05) is 11.3 Å². The lowest BCUT2D eigenvalue weighted by molar-refractivity contribution is 0.0526. The first-order valence-electron chi connectivity index (χ1n) is 9.05. The van der Waals surface area contributed by atoms with Gasteiger partial charge in [0.05, 0.1) is 21.7 Å². The first kappa shape index (κ1) is 21.4.